The Labute approximate surface area is 83.8 Å². The molecule has 1 aliphatic rings. The van der Waals surface area contributed by atoms with Gasteiger partial charge in [0.25, 0.3) is 0 Å². The summed E-state index contributed by atoms with van der Waals surface area (Å²) in [6, 6.07) is 0. The van der Waals surface area contributed by atoms with Gasteiger partial charge in [0.05, 0.1) is 9.77 Å². The molecule has 76 valence electrons. The first-order chi connectivity index (χ1) is 6.43. The predicted molar refractivity (Wildman–Crippen MR) is 48.7 cm³/mol. The molecule has 1 rings (SSSR count). The van der Waals surface area contributed by atoms with Crippen molar-refractivity contribution >= 4 is 38.9 Å². The van der Waals surface area contributed by atoms with Gasteiger partial charge in [-0.3, -0.25) is 4.79 Å². The average Bonchev–Trinajstić information content (AvgIpc) is 2.47. The highest BCUT2D eigenvalue weighted by molar-refractivity contribution is 8.07. The number of carboxylic acid groups (broad SMARTS) is 2. The van der Waals surface area contributed by atoms with E-state index in [9.17, 15) is 18.0 Å². The second kappa shape index (κ2) is 3.84. The standard InChI is InChI=1S/C6H4O6S2/c7-5(8)2-1-3(14(11)12)4(13-2)6(9)10/h1,4H,(H,7,8)(H,9,10). The molecule has 0 saturated carbocycles. The van der Waals surface area contributed by atoms with Gasteiger partial charge in [0.15, 0.2) is 0 Å². The lowest BCUT2D eigenvalue weighted by molar-refractivity contribution is -0.135. The molecule has 0 aromatic heterocycles. The fourth-order valence-corrected chi connectivity index (χ4v) is 2.62. The van der Waals surface area contributed by atoms with Crippen molar-refractivity contribution in [3.63, 3.8) is 0 Å². The Balaban J connectivity index is 3.20. The number of hydrogen-bond donors (Lipinski definition) is 2. The van der Waals surface area contributed by atoms with Gasteiger partial charge >= 0.3 is 11.9 Å². The zero-order chi connectivity index (χ0) is 10.9. The number of hydrogen-bond acceptors (Lipinski definition) is 5. The van der Waals surface area contributed by atoms with Crippen molar-refractivity contribution in [2.45, 2.75) is 5.25 Å². The van der Waals surface area contributed by atoms with E-state index in [-0.39, 0.29) is 4.91 Å². The second-order valence-corrected chi connectivity index (χ2v) is 4.37. The van der Waals surface area contributed by atoms with E-state index in [1.54, 1.807) is 0 Å². The molecule has 6 nitrogen and oxygen atoms in total. The van der Waals surface area contributed by atoms with Crippen LogP contribution in [0.1, 0.15) is 0 Å². The first kappa shape index (κ1) is 10.8. The monoisotopic (exact) mass is 236 g/mol. The lowest BCUT2D eigenvalue weighted by Gasteiger charge is -2.00. The zero-order valence-corrected chi connectivity index (χ0v) is 8.13. The van der Waals surface area contributed by atoms with Crippen LogP contribution in [0.3, 0.4) is 0 Å². The van der Waals surface area contributed by atoms with Crippen molar-refractivity contribution in [2.75, 3.05) is 0 Å². The van der Waals surface area contributed by atoms with Crippen molar-refractivity contribution in [1.82, 2.24) is 0 Å². The van der Waals surface area contributed by atoms with E-state index in [0.717, 1.165) is 6.08 Å². The molecule has 0 spiro atoms. The Morgan fingerprint density at radius 1 is 1.36 bits per heavy atom. The van der Waals surface area contributed by atoms with Crippen molar-refractivity contribution < 1.29 is 28.2 Å². The van der Waals surface area contributed by atoms with E-state index in [2.05, 4.69) is 0 Å². The maximum Gasteiger partial charge on any atom is 0.342 e. The van der Waals surface area contributed by atoms with Crippen molar-refractivity contribution in [2.24, 2.45) is 0 Å². The number of rotatable bonds is 2. The van der Waals surface area contributed by atoms with Gasteiger partial charge in [0, 0.05) is 0 Å². The summed E-state index contributed by atoms with van der Waals surface area (Å²) in [4.78, 5) is 20.3. The van der Waals surface area contributed by atoms with Crippen LogP contribution in [0, 0.1) is 0 Å². The molecule has 8 heteroatoms. The topological polar surface area (TPSA) is 109 Å². The Bertz CT molecular complexity index is 449. The van der Waals surface area contributed by atoms with Crippen molar-refractivity contribution in [3.05, 3.63) is 11.0 Å². The average molecular weight is 236 g/mol. The van der Waals surface area contributed by atoms with Gasteiger partial charge in [0.2, 0.25) is 10.3 Å². The molecule has 0 aromatic rings. The summed E-state index contributed by atoms with van der Waals surface area (Å²) in [6.07, 6.45) is 0.856. The van der Waals surface area contributed by atoms with Crippen LogP contribution in [-0.2, 0) is 19.9 Å². The highest BCUT2D eigenvalue weighted by Gasteiger charge is 2.34. The largest absolute Gasteiger partial charge is 0.480 e. The molecule has 1 aliphatic heterocycles. The maximum atomic E-state index is 10.5. The molecule has 1 heterocycles. The third kappa shape index (κ3) is 1.96. The third-order valence-electron chi connectivity index (χ3n) is 1.40. The van der Waals surface area contributed by atoms with Crippen LogP contribution in [0.4, 0.5) is 0 Å². The van der Waals surface area contributed by atoms with Gasteiger partial charge < -0.3 is 10.2 Å². The number of thioether (sulfide) groups is 1. The third-order valence-corrected chi connectivity index (χ3v) is 3.53. The molecular weight excluding hydrogens is 232 g/mol. The Hall–Kier alpha value is -1.28. The fraction of sp³-hybridized carbons (Fsp3) is 0.167. The van der Waals surface area contributed by atoms with Crippen LogP contribution in [0.25, 0.3) is 0 Å². The summed E-state index contributed by atoms with van der Waals surface area (Å²) in [6.45, 7) is 0. The molecule has 14 heavy (non-hydrogen) atoms. The first-order valence-corrected chi connectivity index (χ1v) is 5.19. The van der Waals surface area contributed by atoms with Gasteiger partial charge in [0.1, 0.15) is 5.25 Å². The summed E-state index contributed by atoms with van der Waals surface area (Å²) in [5.74, 6) is -2.71. The van der Waals surface area contributed by atoms with Crippen LogP contribution in [0.15, 0.2) is 11.0 Å². The first-order valence-electron chi connectivity index (χ1n) is 3.24. The second-order valence-electron chi connectivity index (χ2n) is 2.29. The summed E-state index contributed by atoms with van der Waals surface area (Å²) >= 11 is 0.495. The van der Waals surface area contributed by atoms with Gasteiger partial charge in [-0.2, -0.15) is 8.42 Å². The van der Waals surface area contributed by atoms with Gasteiger partial charge in [-0.05, 0) is 6.08 Å². The molecule has 0 saturated heterocycles. The molecule has 0 bridgehead atoms. The summed E-state index contributed by atoms with van der Waals surface area (Å²) in [5, 5.41) is 15.8. The fourth-order valence-electron chi connectivity index (χ4n) is 0.844. The lowest BCUT2D eigenvalue weighted by Crippen LogP contribution is -2.22. The zero-order valence-electron chi connectivity index (χ0n) is 6.50. The van der Waals surface area contributed by atoms with Crippen LogP contribution < -0.4 is 0 Å². The van der Waals surface area contributed by atoms with E-state index in [0.29, 0.717) is 11.8 Å². The van der Waals surface area contributed by atoms with E-state index in [1.807, 2.05) is 0 Å². The minimum Gasteiger partial charge on any atom is -0.480 e. The quantitative estimate of drug-likeness (QED) is 0.604. The summed E-state index contributed by atoms with van der Waals surface area (Å²) in [5.41, 5.74) is 0. The molecule has 0 aromatic carbocycles. The molecule has 0 amide bonds. The maximum absolute atomic E-state index is 10.5. The van der Waals surface area contributed by atoms with Crippen LogP contribution in [0.2, 0.25) is 0 Å². The highest BCUT2D eigenvalue weighted by Crippen LogP contribution is 2.30. The lowest BCUT2D eigenvalue weighted by atomic mass is 10.3. The Morgan fingerprint density at radius 2 is 1.93 bits per heavy atom. The number of carbonyl (C=O) groups is 2. The van der Waals surface area contributed by atoms with Gasteiger partial charge in [-0.1, -0.05) is 11.8 Å². The van der Waals surface area contributed by atoms with Crippen LogP contribution >= 0.6 is 11.8 Å². The molecule has 1 atom stereocenters. The van der Waals surface area contributed by atoms with Gasteiger partial charge in [-0.25, -0.2) is 4.79 Å². The molecule has 1 unspecified atom stereocenters. The number of carboxylic acids is 2. The minimum absolute atomic E-state index is 0.281. The molecular formula is C6H4O6S2. The Kier molecular flexibility index (Phi) is 2.96. The Morgan fingerprint density at radius 3 is 2.21 bits per heavy atom. The van der Waals surface area contributed by atoms with E-state index < -0.39 is 32.3 Å². The molecule has 0 fully saturated rings. The smallest absolute Gasteiger partial charge is 0.342 e. The highest BCUT2D eigenvalue weighted by atomic mass is 32.2. The minimum atomic E-state index is -2.70. The van der Waals surface area contributed by atoms with Crippen LogP contribution in [-0.4, -0.2) is 40.7 Å². The molecule has 2 N–H and O–H groups in total. The van der Waals surface area contributed by atoms with Crippen LogP contribution in [0.5, 0.6) is 0 Å². The summed E-state index contributed by atoms with van der Waals surface area (Å²) < 4.78 is 21.1. The molecule has 0 aliphatic carbocycles. The van der Waals surface area contributed by atoms with E-state index in [4.69, 9.17) is 10.2 Å². The normalized spacial score (nSPS) is 20.4. The number of aliphatic carboxylic acids is 2. The summed E-state index contributed by atoms with van der Waals surface area (Å²) in [7, 11) is -2.70. The molecule has 0 radical (unpaired) electrons. The number of allylic oxidation sites excluding steroid dienone is 1. The van der Waals surface area contributed by atoms with Crippen molar-refractivity contribution in [3.8, 4) is 0 Å². The SMILES string of the molecule is O=C(O)C1=CC(=S(=O)=O)C(C(=O)O)S1. The van der Waals surface area contributed by atoms with Gasteiger partial charge in [-0.15, -0.1) is 0 Å². The van der Waals surface area contributed by atoms with E-state index in [1.165, 1.54) is 0 Å². The van der Waals surface area contributed by atoms with Crippen molar-refractivity contribution in [1.29, 1.82) is 0 Å². The predicted octanol–water partition coefficient (Wildman–Crippen LogP) is -0.794. The van der Waals surface area contributed by atoms with E-state index >= 15 is 0 Å².